The topological polar surface area (TPSA) is 146 Å². The molecule has 5 saturated heterocycles. The first-order valence-corrected chi connectivity index (χ1v) is 23.3. The first-order valence-electron chi connectivity index (χ1n) is 23.3. The van der Waals surface area contributed by atoms with Crippen molar-refractivity contribution >= 4 is 58.1 Å². The fourth-order valence-corrected chi connectivity index (χ4v) is 10.7. The van der Waals surface area contributed by atoms with E-state index in [-0.39, 0.29) is 24.7 Å². The quantitative estimate of drug-likeness (QED) is 0.188. The highest BCUT2D eigenvalue weighted by Gasteiger charge is 2.45. The van der Waals surface area contributed by atoms with E-state index in [4.69, 9.17) is 6.57 Å². The van der Waals surface area contributed by atoms with Gasteiger partial charge in [0.15, 0.2) is 5.69 Å². The predicted octanol–water partition coefficient (Wildman–Crippen LogP) is 5.80. The number of alkyl halides is 3. The van der Waals surface area contributed by atoms with Crippen LogP contribution in [0, 0.1) is 18.4 Å². The molecule has 15 nitrogen and oxygen atoms in total. The Bertz CT molecular complexity index is 2380. The van der Waals surface area contributed by atoms with Gasteiger partial charge in [-0.05, 0) is 106 Å². The largest absolute Gasteiger partial charge is 0.407 e. The van der Waals surface area contributed by atoms with E-state index in [1.807, 2.05) is 29.3 Å². The second-order valence-electron chi connectivity index (χ2n) is 18.5. The summed E-state index contributed by atoms with van der Waals surface area (Å²) in [5.41, 5.74) is 1.59. The molecule has 0 radical (unpaired) electrons. The molecule has 348 valence electrons. The Morgan fingerprint density at radius 3 is 2.02 bits per heavy atom. The monoisotopic (exact) mass is 908 g/mol. The molecule has 2 N–H and O–H groups in total. The van der Waals surface area contributed by atoms with Gasteiger partial charge in [0.1, 0.15) is 11.9 Å². The number of imide groups is 2. The van der Waals surface area contributed by atoms with Crippen molar-refractivity contribution < 1.29 is 37.1 Å². The van der Waals surface area contributed by atoms with Gasteiger partial charge in [-0.1, -0.05) is 6.07 Å². The Kier molecular flexibility index (Phi) is 13.0. The summed E-state index contributed by atoms with van der Waals surface area (Å²) in [5, 5.41) is 5.18. The fraction of sp³-hybridized carbons (Fsp3) is 0.521. The number of amides is 5. The molecule has 2 aromatic carbocycles. The van der Waals surface area contributed by atoms with Crippen LogP contribution in [-0.2, 0) is 20.6 Å². The van der Waals surface area contributed by atoms with Crippen molar-refractivity contribution in [2.24, 2.45) is 11.8 Å². The number of hydrogen-bond donors (Lipinski definition) is 2. The van der Waals surface area contributed by atoms with Crippen LogP contribution in [-0.4, -0.2) is 133 Å². The van der Waals surface area contributed by atoms with Crippen LogP contribution >= 0.6 is 0 Å². The predicted molar refractivity (Wildman–Crippen MR) is 241 cm³/mol. The SMILES string of the molecule is [C-]#[N+]c1ccc(N2CCC(C(=O)Nc3ccc(N4CCC(CCN5CCN(C6CCN(c7ccc8c(c7)C(=O)N(C7CCC(=O)NC7=O)C8=O)CC6)CC5)CC4)cn3)CC2)cc1C(F)(F)F. The van der Waals surface area contributed by atoms with Crippen molar-refractivity contribution in [1.29, 1.82) is 0 Å². The summed E-state index contributed by atoms with van der Waals surface area (Å²) in [6.45, 7) is 16.9. The van der Waals surface area contributed by atoms with Crippen LogP contribution in [0.4, 0.5) is 41.7 Å². The summed E-state index contributed by atoms with van der Waals surface area (Å²) in [4.78, 5) is 84.0. The lowest BCUT2D eigenvalue weighted by Gasteiger charge is -2.43. The van der Waals surface area contributed by atoms with Crippen LogP contribution in [0.15, 0.2) is 54.7 Å². The minimum Gasteiger partial charge on any atom is -0.372 e. The molecule has 6 aliphatic rings. The molecule has 18 heteroatoms. The number of carbonyl (C=O) groups is 5. The maximum atomic E-state index is 13.5. The average Bonchev–Trinajstić information content (AvgIpc) is 3.58. The fourth-order valence-electron chi connectivity index (χ4n) is 10.7. The van der Waals surface area contributed by atoms with Crippen molar-refractivity contribution in [3.8, 4) is 0 Å². The van der Waals surface area contributed by atoms with Gasteiger partial charge in [-0.15, -0.1) is 0 Å². The molecule has 5 amide bonds. The van der Waals surface area contributed by atoms with Crippen molar-refractivity contribution in [3.63, 3.8) is 0 Å². The lowest BCUT2D eigenvalue weighted by atomic mass is 9.93. The highest BCUT2D eigenvalue weighted by Crippen LogP contribution is 2.40. The molecule has 9 rings (SSSR count). The van der Waals surface area contributed by atoms with E-state index in [1.54, 1.807) is 12.1 Å². The Hall–Kier alpha value is -6.06. The molecule has 5 fully saturated rings. The number of rotatable bonds is 10. The summed E-state index contributed by atoms with van der Waals surface area (Å²) in [7, 11) is 0. The summed E-state index contributed by atoms with van der Waals surface area (Å²) < 4.78 is 40.5. The maximum absolute atomic E-state index is 13.5. The third-order valence-electron chi connectivity index (χ3n) is 14.6. The van der Waals surface area contributed by atoms with E-state index >= 15 is 0 Å². The number of piperidine rings is 4. The summed E-state index contributed by atoms with van der Waals surface area (Å²) >= 11 is 0. The lowest BCUT2D eigenvalue weighted by molar-refractivity contribution is -0.137. The van der Waals surface area contributed by atoms with E-state index in [0.717, 1.165) is 107 Å². The lowest BCUT2D eigenvalue weighted by Crippen LogP contribution is -2.54. The van der Waals surface area contributed by atoms with Gasteiger partial charge in [-0.3, -0.25) is 39.1 Å². The Morgan fingerprint density at radius 1 is 0.742 bits per heavy atom. The number of anilines is 4. The van der Waals surface area contributed by atoms with Gasteiger partial charge in [-0.25, -0.2) is 9.83 Å². The number of pyridine rings is 1. The zero-order valence-electron chi connectivity index (χ0n) is 36.9. The molecule has 1 aromatic heterocycles. The molecule has 66 heavy (non-hydrogen) atoms. The van der Waals surface area contributed by atoms with Gasteiger partial charge < -0.3 is 24.9 Å². The Balaban J connectivity index is 0.660. The van der Waals surface area contributed by atoms with Crippen LogP contribution < -0.4 is 25.3 Å². The number of nitrogens with one attached hydrogen (secondary N) is 2. The normalized spacial score (nSPS) is 22.1. The number of fused-ring (bicyclic) bond motifs is 1. The standard InChI is InChI=1S/C48H55F3N10O5/c1-52-40-6-3-35(29-39(40)48(49,50)51)57-20-13-32(14-21-57)44(63)54-42-8-4-36(30-53-42)59-18-11-31(12-19-59)10-17-56-24-26-60(27-25-56)33-15-22-58(23-16-33)34-2-5-37-38(28-34)47(66)61(46(37)65)41-7-9-43(62)55-45(41)64/h2-6,8,28-33,41H,7,9-27H2,(H,53,54,63)(H,55,62,64). The minimum atomic E-state index is -4.61. The number of carbonyl (C=O) groups excluding carboxylic acids is 5. The number of hydrogen-bond acceptors (Lipinski definition) is 11. The average molecular weight is 909 g/mol. The summed E-state index contributed by atoms with van der Waals surface area (Å²) in [5.74, 6) is -1.24. The molecule has 0 aliphatic carbocycles. The first-order chi connectivity index (χ1) is 31.8. The molecule has 3 aromatic rings. The van der Waals surface area contributed by atoms with Crippen LogP contribution in [0.5, 0.6) is 0 Å². The molecule has 0 saturated carbocycles. The molecule has 7 heterocycles. The van der Waals surface area contributed by atoms with Crippen molar-refractivity contribution in [2.75, 3.05) is 92.0 Å². The zero-order valence-corrected chi connectivity index (χ0v) is 36.9. The van der Waals surface area contributed by atoms with Crippen molar-refractivity contribution in [2.45, 2.75) is 76.0 Å². The number of piperazine rings is 1. The van der Waals surface area contributed by atoms with E-state index in [2.05, 4.69) is 40.1 Å². The number of nitrogens with zero attached hydrogens (tertiary/aromatic N) is 8. The van der Waals surface area contributed by atoms with Crippen LogP contribution in [0.25, 0.3) is 4.85 Å². The van der Waals surface area contributed by atoms with E-state index in [1.165, 1.54) is 18.6 Å². The molecule has 1 unspecified atom stereocenters. The third kappa shape index (κ3) is 9.59. The summed E-state index contributed by atoms with van der Waals surface area (Å²) in [6.07, 6.45) is 3.86. The molecular formula is C48H55F3N10O5. The highest BCUT2D eigenvalue weighted by molar-refractivity contribution is 6.23. The van der Waals surface area contributed by atoms with Gasteiger partial charge >= 0.3 is 6.18 Å². The third-order valence-corrected chi connectivity index (χ3v) is 14.6. The minimum absolute atomic E-state index is 0.0903. The van der Waals surface area contributed by atoms with E-state index in [9.17, 15) is 37.1 Å². The van der Waals surface area contributed by atoms with Crippen molar-refractivity contribution in [3.05, 3.63) is 82.8 Å². The second-order valence-corrected chi connectivity index (χ2v) is 18.5. The van der Waals surface area contributed by atoms with Gasteiger partial charge in [-0.2, -0.15) is 13.2 Å². The van der Waals surface area contributed by atoms with Gasteiger partial charge in [0.05, 0.1) is 35.1 Å². The maximum Gasteiger partial charge on any atom is 0.407 e. The van der Waals surface area contributed by atoms with Crippen LogP contribution in [0.1, 0.15) is 84.1 Å². The second kappa shape index (κ2) is 19.0. The highest BCUT2D eigenvalue weighted by atomic mass is 19.4. The Labute approximate surface area is 382 Å². The number of halogens is 3. The van der Waals surface area contributed by atoms with Gasteiger partial charge in [0, 0.05) is 95.2 Å². The van der Waals surface area contributed by atoms with Crippen molar-refractivity contribution in [1.82, 2.24) is 25.0 Å². The van der Waals surface area contributed by atoms with Gasteiger partial charge in [0.2, 0.25) is 17.7 Å². The Morgan fingerprint density at radius 2 is 1.36 bits per heavy atom. The van der Waals surface area contributed by atoms with E-state index < -0.39 is 47.1 Å². The molecule has 1 atom stereocenters. The molecule has 0 spiro atoms. The van der Waals surface area contributed by atoms with E-state index in [0.29, 0.717) is 60.5 Å². The van der Waals surface area contributed by atoms with Crippen LogP contribution in [0.2, 0.25) is 0 Å². The molecular weight excluding hydrogens is 854 g/mol. The zero-order chi connectivity index (χ0) is 46.1. The smallest absolute Gasteiger partial charge is 0.372 e. The number of benzene rings is 2. The number of aromatic nitrogens is 1. The van der Waals surface area contributed by atoms with Crippen LogP contribution in [0.3, 0.4) is 0 Å². The summed E-state index contributed by atoms with van der Waals surface area (Å²) in [6, 6.07) is 12.5. The first kappa shape index (κ1) is 45.1. The molecule has 6 aliphatic heterocycles. The van der Waals surface area contributed by atoms with Gasteiger partial charge in [0.25, 0.3) is 11.8 Å². The molecule has 0 bridgehead atoms.